The van der Waals surface area contributed by atoms with Crippen molar-refractivity contribution >= 4 is 28.3 Å². The van der Waals surface area contributed by atoms with Gasteiger partial charge in [0.1, 0.15) is 0 Å². The van der Waals surface area contributed by atoms with Gasteiger partial charge in [0.15, 0.2) is 0 Å². The molecular weight excluding hydrogens is 218 g/mol. The van der Waals surface area contributed by atoms with Gasteiger partial charge in [0.25, 0.3) is 0 Å². The Balaban J connectivity index is 0. The molecule has 0 heterocycles. The van der Waals surface area contributed by atoms with Crippen LogP contribution in [0.4, 0.5) is 0 Å². The van der Waals surface area contributed by atoms with E-state index in [2.05, 4.69) is 0 Å². The van der Waals surface area contributed by atoms with Crippen molar-refractivity contribution in [1.82, 2.24) is 0 Å². The van der Waals surface area contributed by atoms with Crippen molar-refractivity contribution in [3.05, 3.63) is 0 Å². The third-order valence-electron chi connectivity index (χ3n) is 0. The van der Waals surface area contributed by atoms with Crippen LogP contribution >= 0.6 is 28.3 Å². The fourth-order valence-electron chi connectivity index (χ4n) is 0. The molecule has 5 heteroatoms. The van der Waals surface area contributed by atoms with Crippen LogP contribution in [0.5, 0.6) is 0 Å². The third-order valence-corrected chi connectivity index (χ3v) is 0. The zero-order valence-corrected chi connectivity index (χ0v) is 6.32. The Morgan fingerprint density at radius 3 is 1.00 bits per heavy atom. The van der Waals surface area contributed by atoms with Gasteiger partial charge in [-0.15, -0.1) is 0 Å². The average molecular weight is 220 g/mol. The van der Waals surface area contributed by atoms with Crippen LogP contribution in [0.1, 0.15) is 0 Å². The SMILES string of the molecule is O.[Cl][Mo]([Cl])[Cl]. The minimum absolute atomic E-state index is 0. The molecule has 0 atom stereocenters. The molecule has 0 fully saturated rings. The van der Waals surface area contributed by atoms with Crippen LogP contribution in [-0.2, 0) is 14.2 Å². The summed E-state index contributed by atoms with van der Waals surface area (Å²) < 4.78 is 0. The quantitative estimate of drug-likeness (QED) is 0.550. The summed E-state index contributed by atoms with van der Waals surface area (Å²) in [5.74, 6) is 0. The van der Waals surface area contributed by atoms with Gasteiger partial charge in [-0.25, -0.2) is 0 Å². The summed E-state index contributed by atoms with van der Waals surface area (Å²) in [6, 6.07) is 0. The van der Waals surface area contributed by atoms with E-state index in [0.29, 0.717) is 0 Å². The maximum absolute atomic E-state index is 4.98. The van der Waals surface area contributed by atoms with Crippen molar-refractivity contribution < 1.29 is 19.7 Å². The van der Waals surface area contributed by atoms with Gasteiger partial charge in [-0.1, -0.05) is 0 Å². The summed E-state index contributed by atoms with van der Waals surface area (Å²) in [6.07, 6.45) is 0. The molecular formula is H2Cl3MoO. The Morgan fingerprint density at radius 2 is 1.00 bits per heavy atom. The Hall–Kier alpha value is 1.52. The van der Waals surface area contributed by atoms with Crippen molar-refractivity contribution in [3.63, 3.8) is 0 Å². The van der Waals surface area contributed by atoms with Gasteiger partial charge in [-0.05, 0) is 0 Å². The first-order valence-electron chi connectivity index (χ1n) is 0.463. The predicted molar refractivity (Wildman–Crippen MR) is 21.2 cm³/mol. The molecule has 0 aromatic carbocycles. The zero-order valence-electron chi connectivity index (χ0n) is 2.04. The summed E-state index contributed by atoms with van der Waals surface area (Å²) in [5, 5.41) is 0. The van der Waals surface area contributed by atoms with E-state index in [-0.39, 0.29) is 5.48 Å². The van der Waals surface area contributed by atoms with Crippen LogP contribution in [0.15, 0.2) is 0 Å². The first-order valence-corrected chi connectivity index (χ1v) is 8.22. The molecule has 0 rings (SSSR count). The molecule has 0 saturated carbocycles. The van der Waals surface area contributed by atoms with E-state index < -0.39 is 14.2 Å². The Kier molecular flexibility index (Phi) is 10.7. The molecule has 0 amide bonds. The van der Waals surface area contributed by atoms with E-state index in [1.54, 1.807) is 0 Å². The summed E-state index contributed by atoms with van der Waals surface area (Å²) >= 11 is -1.94. The topological polar surface area (TPSA) is 31.5 Å². The number of hydrogen-bond donors (Lipinski definition) is 0. The van der Waals surface area contributed by atoms with E-state index in [4.69, 9.17) is 28.3 Å². The molecule has 0 saturated heterocycles. The van der Waals surface area contributed by atoms with Crippen molar-refractivity contribution in [2.75, 3.05) is 0 Å². The van der Waals surface area contributed by atoms with Crippen molar-refractivity contribution in [1.29, 1.82) is 0 Å². The second-order valence-electron chi connectivity index (χ2n) is 0.175. The predicted octanol–water partition coefficient (Wildman–Crippen LogP) is 1.24. The minimum atomic E-state index is -1.94. The molecule has 0 radical (unpaired) electrons. The van der Waals surface area contributed by atoms with Gasteiger partial charge in [-0.2, -0.15) is 0 Å². The van der Waals surface area contributed by atoms with Crippen molar-refractivity contribution in [2.45, 2.75) is 0 Å². The molecule has 0 aromatic rings. The molecule has 0 unspecified atom stereocenters. The summed E-state index contributed by atoms with van der Waals surface area (Å²) in [6.45, 7) is 0. The number of hydrogen-bond acceptors (Lipinski definition) is 0. The molecule has 0 aliphatic carbocycles. The van der Waals surface area contributed by atoms with Crippen LogP contribution in [0, 0.1) is 0 Å². The van der Waals surface area contributed by atoms with Gasteiger partial charge < -0.3 is 5.48 Å². The van der Waals surface area contributed by atoms with Gasteiger partial charge in [-0.3, -0.25) is 0 Å². The van der Waals surface area contributed by atoms with Gasteiger partial charge >= 0.3 is 42.4 Å². The number of rotatable bonds is 0. The normalized spacial score (nSPS) is 7.20. The van der Waals surface area contributed by atoms with E-state index in [1.807, 2.05) is 0 Å². The molecule has 5 heavy (non-hydrogen) atoms. The summed E-state index contributed by atoms with van der Waals surface area (Å²) in [7, 11) is 14.9. The number of halogens is 3. The van der Waals surface area contributed by atoms with Gasteiger partial charge in [0.05, 0.1) is 0 Å². The molecule has 1 nitrogen and oxygen atoms in total. The van der Waals surface area contributed by atoms with E-state index in [1.165, 1.54) is 0 Å². The molecule has 35 valence electrons. The van der Waals surface area contributed by atoms with Crippen molar-refractivity contribution in [2.24, 2.45) is 0 Å². The second-order valence-corrected chi connectivity index (χ2v) is 9.32. The molecule has 0 aromatic heterocycles. The maximum atomic E-state index is 4.98. The Morgan fingerprint density at radius 1 is 1.00 bits per heavy atom. The third kappa shape index (κ3) is 29.6. The fourth-order valence-corrected chi connectivity index (χ4v) is 0. The van der Waals surface area contributed by atoms with Crippen LogP contribution in [-0.4, -0.2) is 5.48 Å². The van der Waals surface area contributed by atoms with E-state index in [9.17, 15) is 0 Å². The molecule has 0 aliphatic rings. The standard InChI is InChI=1S/3ClH.Mo.H2O/h3*1H;;1H2/q;;;+3;/p-3. The average Bonchev–Trinajstić information content (AvgIpc) is 0.811. The Bertz CT molecular complexity index is 11.6. The zero-order chi connectivity index (χ0) is 3.58. The fraction of sp³-hybridized carbons (Fsp3) is 0. The molecule has 2 N–H and O–H groups in total. The van der Waals surface area contributed by atoms with Crippen LogP contribution in [0.25, 0.3) is 0 Å². The molecule has 0 spiro atoms. The molecule has 0 aliphatic heterocycles. The molecule has 0 bridgehead atoms. The monoisotopic (exact) mass is 221 g/mol. The van der Waals surface area contributed by atoms with Gasteiger partial charge in [0.2, 0.25) is 0 Å². The summed E-state index contributed by atoms with van der Waals surface area (Å²) in [4.78, 5) is 0. The Labute approximate surface area is 47.9 Å². The summed E-state index contributed by atoms with van der Waals surface area (Å²) in [5.41, 5.74) is 0. The van der Waals surface area contributed by atoms with Gasteiger partial charge in [0, 0.05) is 0 Å². The van der Waals surface area contributed by atoms with E-state index in [0.717, 1.165) is 0 Å². The first-order chi connectivity index (χ1) is 1.73. The van der Waals surface area contributed by atoms with E-state index >= 15 is 0 Å². The van der Waals surface area contributed by atoms with Crippen molar-refractivity contribution in [3.8, 4) is 0 Å². The van der Waals surface area contributed by atoms with Crippen LogP contribution in [0.3, 0.4) is 0 Å². The van der Waals surface area contributed by atoms with Crippen LogP contribution in [0.2, 0.25) is 0 Å². The second kappa shape index (κ2) is 5.52. The van der Waals surface area contributed by atoms with Crippen LogP contribution < -0.4 is 0 Å². The first kappa shape index (κ1) is 9.72.